The van der Waals surface area contributed by atoms with E-state index in [0.29, 0.717) is 48.8 Å². The minimum Gasteiger partial charge on any atom is -0.493 e. The van der Waals surface area contributed by atoms with Gasteiger partial charge < -0.3 is 19.3 Å². The molecule has 0 spiro atoms. The summed E-state index contributed by atoms with van der Waals surface area (Å²) in [6.07, 6.45) is 3.58. The van der Waals surface area contributed by atoms with E-state index in [-0.39, 0.29) is 11.8 Å². The fourth-order valence-corrected chi connectivity index (χ4v) is 3.69. The number of thioether (sulfide) groups is 1. The number of methoxy groups -OCH3 is 2. The molecule has 0 radical (unpaired) electrons. The van der Waals surface area contributed by atoms with Gasteiger partial charge in [0, 0.05) is 37.9 Å². The number of nitrogens with zero attached hydrogens (tertiary/aromatic N) is 3. The number of piperazine rings is 1. The summed E-state index contributed by atoms with van der Waals surface area (Å²) in [6.45, 7) is 1.93. The standard InChI is InChI=1S/C20H23N3O4S/c1-26-16-7-6-14(13-17(16)27-2)19(24)22-9-11-23(12-10-22)20(25)15-5-4-8-21-18(15)28-3/h4-8,13H,9-12H2,1-3H3. The quantitative estimate of drug-likeness (QED) is 0.717. The van der Waals surface area contributed by atoms with Crippen LogP contribution in [-0.4, -0.2) is 73.3 Å². The molecule has 1 fully saturated rings. The molecule has 3 rings (SSSR count). The Morgan fingerprint density at radius 1 is 0.964 bits per heavy atom. The Kier molecular flexibility index (Phi) is 6.41. The molecule has 2 heterocycles. The van der Waals surface area contributed by atoms with Gasteiger partial charge >= 0.3 is 0 Å². The van der Waals surface area contributed by atoms with Crippen LogP contribution in [0, 0.1) is 0 Å². The van der Waals surface area contributed by atoms with Gasteiger partial charge in [-0.15, -0.1) is 11.8 Å². The SMILES string of the molecule is COc1ccc(C(=O)N2CCN(C(=O)c3cccnc3SC)CC2)cc1OC. The van der Waals surface area contributed by atoms with Crippen LogP contribution in [-0.2, 0) is 0 Å². The van der Waals surface area contributed by atoms with E-state index in [1.165, 1.54) is 18.9 Å². The molecule has 0 bridgehead atoms. The zero-order chi connectivity index (χ0) is 20.1. The van der Waals surface area contributed by atoms with Crippen molar-refractivity contribution in [2.24, 2.45) is 0 Å². The lowest BCUT2D eigenvalue weighted by Gasteiger charge is -2.35. The molecule has 1 aromatic carbocycles. The third-order valence-corrected chi connectivity index (χ3v) is 5.39. The predicted molar refractivity (Wildman–Crippen MR) is 107 cm³/mol. The maximum atomic E-state index is 12.8. The van der Waals surface area contributed by atoms with Crippen LogP contribution in [0.1, 0.15) is 20.7 Å². The normalized spacial score (nSPS) is 14.0. The highest BCUT2D eigenvalue weighted by molar-refractivity contribution is 7.98. The van der Waals surface area contributed by atoms with Gasteiger partial charge in [-0.25, -0.2) is 4.98 Å². The number of carbonyl (C=O) groups is 2. The van der Waals surface area contributed by atoms with Crippen molar-refractivity contribution in [1.82, 2.24) is 14.8 Å². The highest BCUT2D eigenvalue weighted by atomic mass is 32.2. The lowest BCUT2D eigenvalue weighted by atomic mass is 10.1. The first-order valence-electron chi connectivity index (χ1n) is 8.88. The molecular formula is C20H23N3O4S. The summed E-state index contributed by atoms with van der Waals surface area (Å²) in [7, 11) is 3.10. The second-order valence-corrected chi connectivity index (χ2v) is 7.01. The summed E-state index contributed by atoms with van der Waals surface area (Å²) in [5.74, 6) is 0.966. The maximum Gasteiger partial charge on any atom is 0.256 e. The Balaban J connectivity index is 1.66. The number of benzene rings is 1. The van der Waals surface area contributed by atoms with Gasteiger partial charge in [-0.3, -0.25) is 9.59 Å². The van der Waals surface area contributed by atoms with Gasteiger partial charge in [0.1, 0.15) is 5.03 Å². The van der Waals surface area contributed by atoms with E-state index in [0.717, 1.165) is 5.03 Å². The van der Waals surface area contributed by atoms with Crippen LogP contribution in [0.15, 0.2) is 41.6 Å². The van der Waals surface area contributed by atoms with Gasteiger partial charge in [-0.05, 0) is 36.6 Å². The van der Waals surface area contributed by atoms with Crippen LogP contribution in [0.5, 0.6) is 11.5 Å². The molecule has 7 nitrogen and oxygen atoms in total. The number of hydrogen-bond donors (Lipinski definition) is 0. The van der Waals surface area contributed by atoms with Crippen LogP contribution in [0.4, 0.5) is 0 Å². The number of carbonyl (C=O) groups excluding carboxylic acids is 2. The first-order chi connectivity index (χ1) is 13.6. The summed E-state index contributed by atoms with van der Waals surface area (Å²) in [4.78, 5) is 33.4. The number of pyridine rings is 1. The largest absolute Gasteiger partial charge is 0.493 e. The van der Waals surface area contributed by atoms with Crippen LogP contribution < -0.4 is 9.47 Å². The first kappa shape index (κ1) is 20.0. The van der Waals surface area contributed by atoms with E-state index in [9.17, 15) is 9.59 Å². The van der Waals surface area contributed by atoms with Crippen LogP contribution in [0.2, 0.25) is 0 Å². The second kappa shape index (κ2) is 8.97. The fourth-order valence-electron chi connectivity index (χ4n) is 3.15. The molecule has 2 amide bonds. The highest BCUT2D eigenvalue weighted by Gasteiger charge is 2.27. The molecule has 28 heavy (non-hydrogen) atoms. The fraction of sp³-hybridized carbons (Fsp3) is 0.350. The zero-order valence-electron chi connectivity index (χ0n) is 16.2. The van der Waals surface area contributed by atoms with Crippen molar-refractivity contribution in [2.75, 3.05) is 46.7 Å². The molecule has 2 aromatic rings. The average Bonchev–Trinajstić information content (AvgIpc) is 2.77. The minimum absolute atomic E-state index is 0.0457. The van der Waals surface area contributed by atoms with Gasteiger partial charge in [0.25, 0.3) is 11.8 Å². The van der Waals surface area contributed by atoms with Crippen molar-refractivity contribution in [3.8, 4) is 11.5 Å². The Bertz CT molecular complexity index is 866. The van der Waals surface area contributed by atoms with Gasteiger partial charge in [-0.2, -0.15) is 0 Å². The van der Waals surface area contributed by atoms with Crippen molar-refractivity contribution in [3.63, 3.8) is 0 Å². The third kappa shape index (κ3) is 4.06. The topological polar surface area (TPSA) is 72.0 Å². The van der Waals surface area contributed by atoms with Crippen LogP contribution >= 0.6 is 11.8 Å². The Morgan fingerprint density at radius 2 is 1.61 bits per heavy atom. The molecule has 0 saturated carbocycles. The maximum absolute atomic E-state index is 12.8. The van der Waals surface area contributed by atoms with E-state index in [1.807, 2.05) is 6.26 Å². The zero-order valence-corrected chi connectivity index (χ0v) is 17.0. The Hall–Kier alpha value is -2.74. The number of amides is 2. The number of hydrogen-bond acceptors (Lipinski definition) is 6. The smallest absolute Gasteiger partial charge is 0.256 e. The average molecular weight is 401 g/mol. The molecule has 1 aromatic heterocycles. The van der Waals surface area contributed by atoms with Gasteiger partial charge in [0.2, 0.25) is 0 Å². The number of ether oxygens (including phenoxy) is 2. The Morgan fingerprint density at radius 3 is 2.21 bits per heavy atom. The lowest BCUT2D eigenvalue weighted by Crippen LogP contribution is -2.50. The molecule has 1 saturated heterocycles. The summed E-state index contributed by atoms with van der Waals surface area (Å²) < 4.78 is 10.5. The summed E-state index contributed by atoms with van der Waals surface area (Å²) in [5, 5.41) is 0.719. The molecular weight excluding hydrogens is 378 g/mol. The number of rotatable bonds is 5. The molecule has 0 atom stereocenters. The molecule has 0 N–H and O–H groups in total. The Labute approximate surface area is 168 Å². The van der Waals surface area contributed by atoms with Crippen molar-refractivity contribution in [2.45, 2.75) is 5.03 Å². The molecule has 8 heteroatoms. The van der Waals surface area contributed by atoms with E-state index < -0.39 is 0 Å². The van der Waals surface area contributed by atoms with Crippen molar-refractivity contribution in [1.29, 1.82) is 0 Å². The van der Waals surface area contributed by atoms with E-state index >= 15 is 0 Å². The third-order valence-electron chi connectivity index (χ3n) is 4.68. The molecule has 0 unspecified atom stereocenters. The summed E-state index contributed by atoms with van der Waals surface area (Å²) >= 11 is 1.45. The van der Waals surface area contributed by atoms with Crippen LogP contribution in [0.3, 0.4) is 0 Å². The van der Waals surface area contributed by atoms with Gasteiger partial charge in [0.15, 0.2) is 11.5 Å². The number of aromatic nitrogens is 1. The van der Waals surface area contributed by atoms with E-state index in [4.69, 9.17) is 9.47 Å². The molecule has 1 aliphatic rings. The van der Waals surface area contributed by atoms with Crippen LogP contribution in [0.25, 0.3) is 0 Å². The molecule has 1 aliphatic heterocycles. The second-order valence-electron chi connectivity index (χ2n) is 6.21. The van der Waals surface area contributed by atoms with Gasteiger partial charge in [0.05, 0.1) is 19.8 Å². The molecule has 0 aliphatic carbocycles. The van der Waals surface area contributed by atoms with Crippen molar-refractivity contribution >= 4 is 23.6 Å². The minimum atomic E-state index is -0.0840. The summed E-state index contributed by atoms with van der Waals surface area (Å²) in [5.41, 5.74) is 1.14. The van der Waals surface area contributed by atoms with Gasteiger partial charge in [-0.1, -0.05) is 0 Å². The van der Waals surface area contributed by atoms with Crippen molar-refractivity contribution < 1.29 is 19.1 Å². The molecule has 148 valence electrons. The van der Waals surface area contributed by atoms with E-state index in [2.05, 4.69) is 4.98 Å². The monoisotopic (exact) mass is 401 g/mol. The first-order valence-corrected chi connectivity index (χ1v) is 10.1. The predicted octanol–water partition coefficient (Wildman–Crippen LogP) is 2.42. The van der Waals surface area contributed by atoms with E-state index in [1.54, 1.807) is 53.4 Å². The summed E-state index contributed by atoms with van der Waals surface area (Å²) in [6, 6.07) is 8.69. The van der Waals surface area contributed by atoms with Crippen molar-refractivity contribution in [3.05, 3.63) is 47.7 Å². The highest BCUT2D eigenvalue weighted by Crippen LogP contribution is 2.28. The lowest BCUT2D eigenvalue weighted by molar-refractivity contribution is 0.0533.